The van der Waals surface area contributed by atoms with E-state index >= 15 is 0 Å². The lowest BCUT2D eigenvalue weighted by molar-refractivity contribution is -0.384. The van der Waals surface area contributed by atoms with Crippen LogP contribution in [0, 0.1) is 10.1 Å². The van der Waals surface area contributed by atoms with Gasteiger partial charge < -0.3 is 10.7 Å². The van der Waals surface area contributed by atoms with Crippen molar-refractivity contribution >= 4 is 17.3 Å². The number of nitro benzene ring substituents is 1. The molecular weight excluding hydrogens is 278 g/mol. The molecule has 0 aliphatic carbocycles. The molecule has 21 heavy (non-hydrogen) atoms. The molecule has 10 heteroatoms. The van der Waals surface area contributed by atoms with Crippen LogP contribution in [0.15, 0.2) is 30.6 Å². The molecule has 4 N–H and O–H groups in total. The summed E-state index contributed by atoms with van der Waals surface area (Å²) >= 11 is 0. The molecule has 10 nitrogen and oxygen atoms in total. The van der Waals surface area contributed by atoms with Crippen LogP contribution in [0.1, 0.15) is 10.4 Å². The average Bonchev–Trinajstić information content (AvgIpc) is 2.99. The fourth-order valence-corrected chi connectivity index (χ4v) is 1.68. The standard InChI is InChI=1S/C11H13N7O3/c12-15-9-2-1-8(7-10(9)18(20)21)11(19)13-3-5-17-6-4-14-16-17/h1-2,4,6-7,15H,3,5,12H2,(H,13,19). The Bertz CT molecular complexity index is 641. The van der Waals surface area contributed by atoms with Crippen molar-refractivity contribution in [3.63, 3.8) is 0 Å². The van der Waals surface area contributed by atoms with E-state index in [1.54, 1.807) is 10.9 Å². The van der Waals surface area contributed by atoms with E-state index in [0.29, 0.717) is 13.1 Å². The summed E-state index contributed by atoms with van der Waals surface area (Å²) in [6.07, 6.45) is 3.20. The second kappa shape index (κ2) is 6.43. The zero-order valence-electron chi connectivity index (χ0n) is 10.9. The second-order valence-electron chi connectivity index (χ2n) is 4.06. The molecule has 2 rings (SSSR count). The van der Waals surface area contributed by atoms with Gasteiger partial charge in [-0.25, -0.2) is 0 Å². The van der Waals surface area contributed by atoms with E-state index in [9.17, 15) is 14.9 Å². The normalized spacial score (nSPS) is 10.1. The zero-order valence-corrected chi connectivity index (χ0v) is 10.9. The van der Waals surface area contributed by atoms with Crippen LogP contribution < -0.4 is 16.6 Å². The van der Waals surface area contributed by atoms with E-state index < -0.39 is 10.8 Å². The molecular formula is C11H13N7O3. The molecule has 2 aromatic rings. The number of carbonyl (C=O) groups excluding carboxylic acids is 1. The third kappa shape index (κ3) is 3.51. The van der Waals surface area contributed by atoms with Crippen molar-refractivity contribution in [1.29, 1.82) is 0 Å². The van der Waals surface area contributed by atoms with Gasteiger partial charge in [0.1, 0.15) is 5.69 Å². The summed E-state index contributed by atoms with van der Waals surface area (Å²) in [5.41, 5.74) is 2.27. The number of rotatable bonds is 6. The molecule has 0 unspecified atom stereocenters. The molecule has 0 fully saturated rings. The van der Waals surface area contributed by atoms with Gasteiger partial charge in [0, 0.05) is 24.4 Å². The Hall–Kier alpha value is -3.01. The monoisotopic (exact) mass is 291 g/mol. The van der Waals surface area contributed by atoms with Gasteiger partial charge in [-0.2, -0.15) is 0 Å². The van der Waals surface area contributed by atoms with Gasteiger partial charge in [-0.15, -0.1) is 5.10 Å². The number of hydrogen-bond donors (Lipinski definition) is 3. The van der Waals surface area contributed by atoms with Gasteiger partial charge >= 0.3 is 0 Å². The lowest BCUT2D eigenvalue weighted by atomic mass is 10.1. The Morgan fingerprint density at radius 2 is 2.29 bits per heavy atom. The van der Waals surface area contributed by atoms with Gasteiger partial charge in [-0.3, -0.25) is 25.4 Å². The first-order valence-corrected chi connectivity index (χ1v) is 5.99. The largest absolute Gasteiger partial charge is 0.350 e. The first kappa shape index (κ1) is 14.4. The molecule has 0 aliphatic heterocycles. The minimum Gasteiger partial charge on any atom is -0.350 e. The van der Waals surface area contributed by atoms with Crippen LogP contribution in [0.4, 0.5) is 11.4 Å². The summed E-state index contributed by atoms with van der Waals surface area (Å²) in [5, 5.41) is 20.9. The third-order valence-electron chi connectivity index (χ3n) is 2.71. The zero-order chi connectivity index (χ0) is 15.2. The predicted molar refractivity (Wildman–Crippen MR) is 73.3 cm³/mol. The first-order chi connectivity index (χ1) is 10.1. The molecule has 1 amide bonds. The highest BCUT2D eigenvalue weighted by Gasteiger charge is 2.16. The number of carbonyl (C=O) groups is 1. The SMILES string of the molecule is NNc1ccc(C(=O)NCCn2ccnn2)cc1[N+](=O)[O-]. The number of amides is 1. The average molecular weight is 291 g/mol. The highest BCUT2D eigenvalue weighted by Crippen LogP contribution is 2.24. The molecule has 1 aromatic heterocycles. The van der Waals surface area contributed by atoms with Crippen molar-refractivity contribution in [3.05, 3.63) is 46.3 Å². The van der Waals surface area contributed by atoms with Gasteiger partial charge in [-0.05, 0) is 12.1 Å². The minimum atomic E-state index is -0.610. The van der Waals surface area contributed by atoms with Gasteiger partial charge in [0.15, 0.2) is 0 Å². The van der Waals surface area contributed by atoms with Crippen molar-refractivity contribution in [2.75, 3.05) is 12.0 Å². The lowest BCUT2D eigenvalue weighted by Crippen LogP contribution is -2.27. The highest BCUT2D eigenvalue weighted by atomic mass is 16.6. The van der Waals surface area contributed by atoms with Crippen LogP contribution in [0.5, 0.6) is 0 Å². The predicted octanol–water partition coefficient (Wildman–Crippen LogP) is -0.0981. The van der Waals surface area contributed by atoms with Crippen molar-refractivity contribution in [2.24, 2.45) is 5.84 Å². The van der Waals surface area contributed by atoms with Crippen LogP contribution in [-0.4, -0.2) is 32.4 Å². The number of nitrogens with one attached hydrogen (secondary N) is 2. The molecule has 0 saturated carbocycles. The van der Waals surface area contributed by atoms with Gasteiger partial charge in [0.25, 0.3) is 11.6 Å². The van der Waals surface area contributed by atoms with E-state index in [4.69, 9.17) is 5.84 Å². The van der Waals surface area contributed by atoms with Crippen molar-refractivity contribution in [1.82, 2.24) is 20.3 Å². The molecule has 1 aromatic carbocycles. The Labute approximate surface area is 119 Å². The number of nitrogens with two attached hydrogens (primary N) is 1. The summed E-state index contributed by atoms with van der Waals surface area (Å²) in [6.45, 7) is 0.781. The van der Waals surface area contributed by atoms with Crippen molar-refractivity contribution in [2.45, 2.75) is 6.54 Å². The van der Waals surface area contributed by atoms with Crippen LogP contribution >= 0.6 is 0 Å². The Morgan fingerprint density at radius 3 is 2.90 bits per heavy atom. The number of benzene rings is 1. The maximum Gasteiger partial charge on any atom is 0.294 e. The molecule has 0 saturated heterocycles. The molecule has 0 spiro atoms. The summed E-state index contributed by atoms with van der Waals surface area (Å²) in [6, 6.07) is 4.00. The number of anilines is 1. The summed E-state index contributed by atoms with van der Waals surface area (Å²) in [4.78, 5) is 22.2. The van der Waals surface area contributed by atoms with Crippen LogP contribution in [0.3, 0.4) is 0 Å². The minimum absolute atomic E-state index is 0.138. The van der Waals surface area contributed by atoms with E-state index in [0.717, 1.165) is 0 Å². The number of nitrogens with zero attached hydrogens (tertiary/aromatic N) is 4. The molecule has 0 aliphatic rings. The van der Waals surface area contributed by atoms with Gasteiger partial charge in [-0.1, -0.05) is 5.21 Å². The Kier molecular flexibility index (Phi) is 4.41. The Morgan fingerprint density at radius 1 is 1.48 bits per heavy atom. The fraction of sp³-hybridized carbons (Fsp3) is 0.182. The summed E-state index contributed by atoms with van der Waals surface area (Å²) < 4.78 is 1.56. The van der Waals surface area contributed by atoms with E-state index in [-0.39, 0.29) is 16.9 Å². The quantitative estimate of drug-likeness (QED) is 0.383. The second-order valence-corrected chi connectivity index (χ2v) is 4.06. The lowest BCUT2D eigenvalue weighted by Gasteiger charge is -2.07. The Balaban J connectivity index is 2.01. The fourth-order valence-electron chi connectivity index (χ4n) is 1.68. The third-order valence-corrected chi connectivity index (χ3v) is 2.71. The van der Waals surface area contributed by atoms with E-state index in [1.807, 2.05) is 0 Å². The van der Waals surface area contributed by atoms with Crippen molar-refractivity contribution < 1.29 is 9.72 Å². The van der Waals surface area contributed by atoms with E-state index in [1.165, 1.54) is 24.4 Å². The van der Waals surface area contributed by atoms with E-state index in [2.05, 4.69) is 21.1 Å². The molecule has 0 atom stereocenters. The van der Waals surface area contributed by atoms with Crippen LogP contribution in [0.25, 0.3) is 0 Å². The van der Waals surface area contributed by atoms with Crippen LogP contribution in [0.2, 0.25) is 0 Å². The molecule has 1 heterocycles. The molecule has 0 bridgehead atoms. The maximum atomic E-state index is 11.9. The smallest absolute Gasteiger partial charge is 0.294 e. The summed E-state index contributed by atoms with van der Waals surface area (Å²) in [5.74, 6) is 4.76. The topological polar surface area (TPSA) is 141 Å². The van der Waals surface area contributed by atoms with Crippen LogP contribution in [-0.2, 0) is 6.54 Å². The number of hydrogen-bond acceptors (Lipinski definition) is 7. The summed E-state index contributed by atoms with van der Waals surface area (Å²) in [7, 11) is 0. The number of nitrogen functional groups attached to an aromatic ring is 1. The highest BCUT2D eigenvalue weighted by molar-refractivity contribution is 5.95. The molecule has 110 valence electrons. The number of nitro groups is 1. The number of hydrazine groups is 1. The van der Waals surface area contributed by atoms with Gasteiger partial charge in [0.2, 0.25) is 0 Å². The first-order valence-electron chi connectivity index (χ1n) is 5.99. The van der Waals surface area contributed by atoms with Gasteiger partial charge in [0.05, 0.1) is 17.7 Å². The number of aromatic nitrogens is 3. The maximum absolute atomic E-state index is 11.9. The van der Waals surface area contributed by atoms with Crippen molar-refractivity contribution in [3.8, 4) is 0 Å². The molecule has 0 radical (unpaired) electrons.